The Labute approximate surface area is 128 Å². The van der Waals surface area contributed by atoms with Crippen LogP contribution in [0.5, 0.6) is 0 Å². The van der Waals surface area contributed by atoms with Crippen molar-refractivity contribution in [2.75, 3.05) is 36.5 Å². The maximum Gasteiger partial charge on any atom is 0.137 e. The van der Waals surface area contributed by atoms with E-state index in [1.165, 1.54) is 5.56 Å². The molecule has 1 aromatic rings. The molecule has 0 saturated carbocycles. The van der Waals surface area contributed by atoms with Gasteiger partial charge in [0, 0.05) is 31.8 Å². The minimum atomic E-state index is 0.413. The van der Waals surface area contributed by atoms with Crippen molar-refractivity contribution < 1.29 is 4.74 Å². The molecule has 0 atom stereocenters. The topological polar surface area (TPSA) is 50.3 Å². The van der Waals surface area contributed by atoms with Gasteiger partial charge in [-0.2, -0.15) is 0 Å². The zero-order valence-electron chi connectivity index (χ0n) is 13.6. The molecule has 5 heteroatoms. The van der Waals surface area contributed by atoms with Crippen LogP contribution in [-0.2, 0) is 11.2 Å². The van der Waals surface area contributed by atoms with E-state index in [1.54, 1.807) is 6.33 Å². The van der Waals surface area contributed by atoms with Crippen molar-refractivity contribution in [3.63, 3.8) is 0 Å². The number of aromatic nitrogens is 2. The van der Waals surface area contributed by atoms with E-state index in [1.807, 2.05) is 0 Å². The van der Waals surface area contributed by atoms with E-state index >= 15 is 0 Å². The van der Waals surface area contributed by atoms with Crippen LogP contribution in [0.15, 0.2) is 6.33 Å². The van der Waals surface area contributed by atoms with Gasteiger partial charge < -0.3 is 15.0 Å². The second kappa shape index (κ2) is 8.17. The van der Waals surface area contributed by atoms with Crippen molar-refractivity contribution in [3.8, 4) is 0 Å². The van der Waals surface area contributed by atoms with Gasteiger partial charge in [-0.15, -0.1) is 0 Å². The van der Waals surface area contributed by atoms with E-state index in [2.05, 4.69) is 41.0 Å². The lowest BCUT2D eigenvalue weighted by Gasteiger charge is -2.33. The first kappa shape index (κ1) is 16.0. The molecule has 1 saturated heterocycles. The maximum absolute atomic E-state index is 5.73. The first-order valence-corrected chi connectivity index (χ1v) is 8.24. The fourth-order valence-electron chi connectivity index (χ4n) is 2.87. The number of hydrogen-bond donors (Lipinski definition) is 1. The Morgan fingerprint density at radius 1 is 1.24 bits per heavy atom. The molecule has 1 aliphatic rings. The second-order valence-electron chi connectivity index (χ2n) is 5.45. The summed E-state index contributed by atoms with van der Waals surface area (Å²) in [6.45, 7) is 10.2. The number of hydrogen-bond acceptors (Lipinski definition) is 5. The highest BCUT2D eigenvalue weighted by atomic mass is 16.5. The summed E-state index contributed by atoms with van der Waals surface area (Å²) in [6.07, 6.45) is 6.31. The van der Waals surface area contributed by atoms with Crippen LogP contribution < -0.4 is 10.2 Å². The molecule has 0 spiro atoms. The van der Waals surface area contributed by atoms with Crippen LogP contribution in [0.25, 0.3) is 0 Å². The molecule has 1 aliphatic heterocycles. The van der Waals surface area contributed by atoms with Crippen LogP contribution in [-0.4, -0.2) is 42.3 Å². The van der Waals surface area contributed by atoms with Crippen molar-refractivity contribution in [1.29, 1.82) is 0 Å². The number of piperidine rings is 1. The monoisotopic (exact) mass is 292 g/mol. The van der Waals surface area contributed by atoms with E-state index in [0.717, 1.165) is 63.6 Å². The molecule has 0 amide bonds. The Balaban J connectivity index is 2.09. The largest absolute Gasteiger partial charge is 0.378 e. The smallest absolute Gasteiger partial charge is 0.137 e. The van der Waals surface area contributed by atoms with Crippen LogP contribution in [0.3, 0.4) is 0 Å². The second-order valence-corrected chi connectivity index (χ2v) is 5.45. The van der Waals surface area contributed by atoms with Crippen molar-refractivity contribution in [2.24, 2.45) is 0 Å². The van der Waals surface area contributed by atoms with Gasteiger partial charge in [-0.3, -0.25) is 0 Å². The minimum absolute atomic E-state index is 0.413. The molecule has 1 fully saturated rings. The summed E-state index contributed by atoms with van der Waals surface area (Å²) >= 11 is 0. The van der Waals surface area contributed by atoms with Gasteiger partial charge in [0.1, 0.15) is 18.0 Å². The van der Waals surface area contributed by atoms with E-state index in [-0.39, 0.29) is 0 Å². The molecular weight excluding hydrogens is 264 g/mol. The predicted octanol–water partition coefficient (Wildman–Crippen LogP) is 2.87. The van der Waals surface area contributed by atoms with Gasteiger partial charge in [-0.05, 0) is 32.6 Å². The Morgan fingerprint density at radius 3 is 2.62 bits per heavy atom. The van der Waals surface area contributed by atoms with Crippen LogP contribution >= 0.6 is 0 Å². The van der Waals surface area contributed by atoms with Crippen LogP contribution in [0.4, 0.5) is 11.6 Å². The normalized spacial score (nSPS) is 16.2. The van der Waals surface area contributed by atoms with E-state index < -0.39 is 0 Å². The Hall–Kier alpha value is -1.36. The van der Waals surface area contributed by atoms with Crippen molar-refractivity contribution in [3.05, 3.63) is 11.9 Å². The summed E-state index contributed by atoms with van der Waals surface area (Å²) in [5.41, 5.74) is 1.24. The lowest BCUT2D eigenvalue weighted by Crippen LogP contribution is -2.38. The quantitative estimate of drug-likeness (QED) is 0.837. The number of nitrogens with one attached hydrogen (secondary N) is 1. The first-order chi connectivity index (χ1) is 10.3. The number of rotatable bonds is 7. The van der Waals surface area contributed by atoms with Crippen LogP contribution in [0.1, 0.15) is 45.6 Å². The van der Waals surface area contributed by atoms with E-state index in [4.69, 9.17) is 4.74 Å². The third-order valence-corrected chi connectivity index (χ3v) is 3.96. The molecule has 21 heavy (non-hydrogen) atoms. The molecule has 0 aliphatic carbocycles. The lowest BCUT2D eigenvalue weighted by molar-refractivity contribution is 0.0458. The molecule has 0 aromatic carbocycles. The summed E-state index contributed by atoms with van der Waals surface area (Å²) in [5, 5.41) is 3.42. The Bertz CT molecular complexity index is 430. The third-order valence-electron chi connectivity index (χ3n) is 3.96. The highest BCUT2D eigenvalue weighted by Gasteiger charge is 2.23. The predicted molar refractivity (Wildman–Crippen MR) is 87.1 cm³/mol. The standard InChI is InChI=1S/C16H28N4O/c1-4-9-17-15-14(5-2)16(19-12-18-15)20-10-7-13(8-11-20)21-6-3/h12-13H,4-11H2,1-3H3,(H,17,18,19). The highest BCUT2D eigenvalue weighted by molar-refractivity contribution is 5.59. The van der Waals surface area contributed by atoms with Gasteiger partial charge in [0.05, 0.1) is 6.10 Å². The summed E-state index contributed by atoms with van der Waals surface area (Å²) in [6, 6.07) is 0. The van der Waals surface area contributed by atoms with E-state index in [9.17, 15) is 0 Å². The summed E-state index contributed by atoms with van der Waals surface area (Å²) < 4.78 is 5.73. The van der Waals surface area contributed by atoms with Crippen molar-refractivity contribution in [2.45, 2.75) is 52.6 Å². The molecule has 2 rings (SSSR count). The molecule has 2 heterocycles. The summed E-state index contributed by atoms with van der Waals surface area (Å²) in [7, 11) is 0. The average molecular weight is 292 g/mol. The zero-order chi connectivity index (χ0) is 15.1. The van der Waals surface area contributed by atoms with Crippen molar-refractivity contribution >= 4 is 11.6 Å². The lowest BCUT2D eigenvalue weighted by atomic mass is 10.1. The van der Waals surface area contributed by atoms with Gasteiger partial charge in [-0.25, -0.2) is 9.97 Å². The number of anilines is 2. The fourth-order valence-corrected chi connectivity index (χ4v) is 2.87. The van der Waals surface area contributed by atoms with Crippen LogP contribution in [0, 0.1) is 0 Å². The van der Waals surface area contributed by atoms with Gasteiger partial charge in [0.25, 0.3) is 0 Å². The molecule has 5 nitrogen and oxygen atoms in total. The molecule has 1 aromatic heterocycles. The van der Waals surface area contributed by atoms with Gasteiger partial charge in [0.15, 0.2) is 0 Å². The SMILES string of the molecule is CCCNc1ncnc(N2CCC(OCC)CC2)c1CC. The summed E-state index contributed by atoms with van der Waals surface area (Å²) in [5.74, 6) is 2.09. The Morgan fingerprint density at radius 2 is 2.00 bits per heavy atom. The average Bonchev–Trinajstić information content (AvgIpc) is 2.53. The van der Waals surface area contributed by atoms with Gasteiger partial charge in [0.2, 0.25) is 0 Å². The molecule has 118 valence electrons. The summed E-state index contributed by atoms with van der Waals surface area (Å²) in [4.78, 5) is 11.3. The molecule has 0 bridgehead atoms. The number of ether oxygens (including phenoxy) is 1. The number of nitrogens with zero attached hydrogens (tertiary/aromatic N) is 3. The molecular formula is C16H28N4O. The van der Waals surface area contributed by atoms with Crippen LogP contribution in [0.2, 0.25) is 0 Å². The first-order valence-electron chi connectivity index (χ1n) is 8.24. The highest BCUT2D eigenvalue weighted by Crippen LogP contribution is 2.27. The van der Waals surface area contributed by atoms with Gasteiger partial charge in [-0.1, -0.05) is 13.8 Å². The van der Waals surface area contributed by atoms with Crippen molar-refractivity contribution in [1.82, 2.24) is 9.97 Å². The Kier molecular flexibility index (Phi) is 6.23. The molecule has 0 unspecified atom stereocenters. The molecule has 1 N–H and O–H groups in total. The minimum Gasteiger partial charge on any atom is -0.378 e. The van der Waals surface area contributed by atoms with Gasteiger partial charge >= 0.3 is 0 Å². The molecule has 0 radical (unpaired) electrons. The zero-order valence-corrected chi connectivity index (χ0v) is 13.6. The third kappa shape index (κ3) is 4.06. The fraction of sp³-hybridized carbons (Fsp3) is 0.750. The van der Waals surface area contributed by atoms with E-state index in [0.29, 0.717) is 6.10 Å². The maximum atomic E-state index is 5.73.